The molecule has 0 aliphatic carbocycles. The summed E-state index contributed by atoms with van der Waals surface area (Å²) in [5, 5.41) is 12.7. The number of rotatable bonds is 5. The van der Waals surface area contributed by atoms with Crippen LogP contribution in [-0.4, -0.2) is 28.2 Å². The fraction of sp³-hybridized carbons (Fsp3) is 0.438. The van der Waals surface area contributed by atoms with Gasteiger partial charge < -0.3 is 10.2 Å². The van der Waals surface area contributed by atoms with Crippen molar-refractivity contribution in [3.63, 3.8) is 0 Å². The molecule has 1 N–H and O–H groups in total. The summed E-state index contributed by atoms with van der Waals surface area (Å²) in [6.45, 7) is 6.64. The number of nitrogens with zero attached hydrogens (tertiary/aromatic N) is 3. The van der Waals surface area contributed by atoms with Crippen LogP contribution in [0.4, 0.5) is 10.5 Å². The molecule has 5 nitrogen and oxygen atoms in total. The molecule has 0 saturated heterocycles. The van der Waals surface area contributed by atoms with Gasteiger partial charge in [-0.3, -0.25) is 0 Å². The van der Waals surface area contributed by atoms with Gasteiger partial charge in [0, 0.05) is 12.7 Å². The molecule has 0 aliphatic rings. The summed E-state index contributed by atoms with van der Waals surface area (Å²) in [7, 11) is 1.76. The van der Waals surface area contributed by atoms with Crippen LogP contribution in [0.25, 0.3) is 0 Å². The van der Waals surface area contributed by atoms with Crippen molar-refractivity contribution in [1.29, 1.82) is 0 Å². The number of benzene rings is 1. The minimum atomic E-state index is -0.140. The zero-order valence-corrected chi connectivity index (χ0v) is 14.3. The van der Waals surface area contributed by atoms with Gasteiger partial charge >= 0.3 is 6.03 Å². The lowest BCUT2D eigenvalue weighted by Crippen LogP contribution is -2.30. The van der Waals surface area contributed by atoms with E-state index in [1.54, 1.807) is 11.9 Å². The highest BCUT2D eigenvalue weighted by Crippen LogP contribution is 2.18. The Labute approximate surface area is 135 Å². The molecule has 2 rings (SSSR count). The zero-order valence-electron chi connectivity index (χ0n) is 13.5. The lowest BCUT2D eigenvalue weighted by molar-refractivity contribution is 0.220. The van der Waals surface area contributed by atoms with Gasteiger partial charge in [-0.1, -0.05) is 31.3 Å². The second kappa shape index (κ2) is 7.35. The van der Waals surface area contributed by atoms with E-state index in [-0.39, 0.29) is 6.03 Å². The third kappa shape index (κ3) is 4.04. The first kappa shape index (κ1) is 16.4. The molecule has 2 aromatic rings. The van der Waals surface area contributed by atoms with Gasteiger partial charge in [0.2, 0.25) is 0 Å². The number of amides is 2. The number of carbonyl (C=O) groups excluding carboxylic acids is 1. The molecule has 0 aliphatic heterocycles. The largest absolute Gasteiger partial charge is 0.321 e. The molecule has 0 unspecified atom stereocenters. The van der Waals surface area contributed by atoms with E-state index in [1.165, 1.54) is 22.5 Å². The molecule has 118 valence electrons. The van der Waals surface area contributed by atoms with Crippen molar-refractivity contribution in [2.75, 3.05) is 12.4 Å². The fourth-order valence-corrected chi connectivity index (χ4v) is 3.04. The van der Waals surface area contributed by atoms with Crippen LogP contribution in [0.3, 0.4) is 0 Å². The van der Waals surface area contributed by atoms with Crippen molar-refractivity contribution >= 4 is 23.1 Å². The number of urea groups is 1. The molecule has 1 heterocycles. The summed E-state index contributed by atoms with van der Waals surface area (Å²) in [6, 6.07) is 5.96. The van der Waals surface area contributed by atoms with E-state index in [0.717, 1.165) is 28.5 Å². The predicted molar refractivity (Wildman–Crippen MR) is 90.3 cm³/mol. The summed E-state index contributed by atoms with van der Waals surface area (Å²) in [4.78, 5) is 13.9. The van der Waals surface area contributed by atoms with Gasteiger partial charge in [0.1, 0.15) is 10.0 Å². The molecule has 0 atom stereocenters. The Morgan fingerprint density at radius 3 is 2.55 bits per heavy atom. The highest BCUT2D eigenvalue weighted by Gasteiger charge is 2.12. The summed E-state index contributed by atoms with van der Waals surface area (Å²) >= 11 is 1.51. The third-order valence-electron chi connectivity index (χ3n) is 3.51. The molecule has 6 heteroatoms. The predicted octanol–water partition coefficient (Wildman–Crippen LogP) is 3.64. The average molecular weight is 318 g/mol. The van der Waals surface area contributed by atoms with Gasteiger partial charge in [0.15, 0.2) is 0 Å². The Balaban J connectivity index is 2.01. The van der Waals surface area contributed by atoms with Crippen molar-refractivity contribution in [2.45, 2.75) is 40.2 Å². The zero-order chi connectivity index (χ0) is 16.1. The standard InChI is InChI=1S/C16H22N4OS/c1-5-12-7-8-14(9-13(12)6-2)17-16(21)20(4)10-15-19-18-11(3)22-15/h7-9H,5-6,10H2,1-4H3,(H,17,21). The molecule has 0 saturated carbocycles. The number of hydrogen-bond acceptors (Lipinski definition) is 4. The molecule has 22 heavy (non-hydrogen) atoms. The van der Waals surface area contributed by atoms with Crippen molar-refractivity contribution in [2.24, 2.45) is 0 Å². The number of nitrogens with one attached hydrogen (secondary N) is 1. The Bertz CT molecular complexity index is 653. The second-order valence-electron chi connectivity index (χ2n) is 5.19. The topological polar surface area (TPSA) is 58.1 Å². The van der Waals surface area contributed by atoms with Gasteiger partial charge in [-0.2, -0.15) is 0 Å². The molecular weight excluding hydrogens is 296 g/mol. The maximum Gasteiger partial charge on any atom is 0.321 e. The number of hydrogen-bond donors (Lipinski definition) is 1. The minimum Gasteiger partial charge on any atom is -0.321 e. The summed E-state index contributed by atoms with van der Waals surface area (Å²) in [6.07, 6.45) is 1.97. The van der Waals surface area contributed by atoms with Crippen LogP contribution < -0.4 is 5.32 Å². The van der Waals surface area contributed by atoms with E-state index < -0.39 is 0 Å². The lowest BCUT2D eigenvalue weighted by atomic mass is 10.0. The van der Waals surface area contributed by atoms with Crippen LogP contribution in [0.15, 0.2) is 18.2 Å². The Morgan fingerprint density at radius 1 is 1.23 bits per heavy atom. The summed E-state index contributed by atoms with van der Waals surface area (Å²) in [5.41, 5.74) is 3.44. The maximum atomic E-state index is 12.2. The summed E-state index contributed by atoms with van der Waals surface area (Å²) in [5.74, 6) is 0. The molecule has 2 amide bonds. The third-order valence-corrected chi connectivity index (χ3v) is 4.33. The quantitative estimate of drug-likeness (QED) is 0.915. The number of aryl methyl sites for hydroxylation is 3. The van der Waals surface area contributed by atoms with Crippen LogP contribution >= 0.6 is 11.3 Å². The van der Waals surface area contributed by atoms with Gasteiger partial charge in [-0.05, 0) is 43.0 Å². The van der Waals surface area contributed by atoms with E-state index in [2.05, 4.69) is 41.5 Å². The van der Waals surface area contributed by atoms with Gasteiger partial charge in [-0.15, -0.1) is 10.2 Å². The molecule has 0 fully saturated rings. The normalized spacial score (nSPS) is 10.5. The number of aromatic nitrogens is 2. The van der Waals surface area contributed by atoms with Crippen LogP contribution in [0, 0.1) is 6.92 Å². The van der Waals surface area contributed by atoms with E-state index in [0.29, 0.717) is 6.54 Å². The van der Waals surface area contributed by atoms with Crippen molar-refractivity contribution in [3.8, 4) is 0 Å². The van der Waals surface area contributed by atoms with Crippen molar-refractivity contribution in [3.05, 3.63) is 39.3 Å². The van der Waals surface area contributed by atoms with E-state index >= 15 is 0 Å². The molecule has 0 radical (unpaired) electrons. The highest BCUT2D eigenvalue weighted by atomic mass is 32.1. The Morgan fingerprint density at radius 2 is 1.95 bits per heavy atom. The van der Waals surface area contributed by atoms with Gasteiger partial charge in [0.25, 0.3) is 0 Å². The lowest BCUT2D eigenvalue weighted by Gasteiger charge is -2.17. The van der Waals surface area contributed by atoms with Crippen LogP contribution in [0.1, 0.15) is 35.0 Å². The molecule has 0 bridgehead atoms. The van der Waals surface area contributed by atoms with Crippen molar-refractivity contribution in [1.82, 2.24) is 15.1 Å². The SMILES string of the molecule is CCc1ccc(NC(=O)N(C)Cc2nnc(C)s2)cc1CC. The van der Waals surface area contributed by atoms with Crippen LogP contribution in [0.2, 0.25) is 0 Å². The first-order valence-corrected chi connectivity index (χ1v) is 8.28. The van der Waals surface area contributed by atoms with Crippen molar-refractivity contribution < 1.29 is 4.79 Å². The van der Waals surface area contributed by atoms with Crippen LogP contribution in [0.5, 0.6) is 0 Å². The first-order valence-electron chi connectivity index (χ1n) is 7.46. The number of anilines is 1. The van der Waals surface area contributed by atoms with E-state index in [9.17, 15) is 4.79 Å². The minimum absolute atomic E-state index is 0.140. The molecule has 1 aromatic carbocycles. The Hall–Kier alpha value is -1.95. The molecule has 1 aromatic heterocycles. The fourth-order valence-electron chi connectivity index (χ4n) is 2.27. The highest BCUT2D eigenvalue weighted by molar-refractivity contribution is 7.11. The summed E-state index contributed by atoms with van der Waals surface area (Å²) < 4.78 is 0. The van der Waals surface area contributed by atoms with Gasteiger partial charge in [-0.25, -0.2) is 4.79 Å². The smallest absolute Gasteiger partial charge is 0.321 e. The maximum absolute atomic E-state index is 12.2. The first-order chi connectivity index (χ1) is 10.5. The van der Waals surface area contributed by atoms with Gasteiger partial charge in [0.05, 0.1) is 6.54 Å². The van der Waals surface area contributed by atoms with E-state index in [1.807, 2.05) is 13.0 Å². The van der Waals surface area contributed by atoms with Crippen LogP contribution in [-0.2, 0) is 19.4 Å². The monoisotopic (exact) mass is 318 g/mol. The van der Waals surface area contributed by atoms with E-state index in [4.69, 9.17) is 0 Å². The molecular formula is C16H22N4OS. The second-order valence-corrected chi connectivity index (χ2v) is 6.46. The Kier molecular flexibility index (Phi) is 5.49. The average Bonchev–Trinajstić information content (AvgIpc) is 2.92. The number of carbonyl (C=O) groups is 1. The molecule has 0 spiro atoms.